The minimum absolute atomic E-state index is 0.0919. The summed E-state index contributed by atoms with van der Waals surface area (Å²) >= 11 is 0. The molecule has 0 radical (unpaired) electrons. The van der Waals surface area contributed by atoms with Crippen LogP contribution in [0.2, 0.25) is 0 Å². The second-order valence-electron chi connectivity index (χ2n) is 8.48. The molecular formula is C25H20FN7O3. The van der Waals surface area contributed by atoms with E-state index in [-0.39, 0.29) is 17.4 Å². The summed E-state index contributed by atoms with van der Waals surface area (Å²) in [5.41, 5.74) is 5.19. The van der Waals surface area contributed by atoms with Gasteiger partial charge in [0.25, 0.3) is 0 Å². The monoisotopic (exact) mass is 485 g/mol. The Morgan fingerprint density at radius 2 is 2.14 bits per heavy atom. The summed E-state index contributed by atoms with van der Waals surface area (Å²) in [5.74, 6) is -0.717. The number of nitro benzene ring substituents is 1. The number of nitrogens with zero attached hydrogens (tertiary/aromatic N) is 5. The first kappa shape index (κ1) is 21.7. The number of hydrogen-bond acceptors (Lipinski definition) is 7. The molecule has 6 rings (SSSR count). The summed E-state index contributed by atoms with van der Waals surface area (Å²) < 4.78 is 21.6. The zero-order valence-electron chi connectivity index (χ0n) is 19.2. The predicted octanol–water partition coefficient (Wildman–Crippen LogP) is 5.23. The number of benzene rings is 2. The van der Waals surface area contributed by atoms with Gasteiger partial charge in [0.1, 0.15) is 5.75 Å². The standard InChI is InChI=1S/C25H20FN7O3/c1-36-22-8-19(26)21(33(34)35)9-20(22)30-25-27-12-17(15-10-28-29-11-15)23(31-25)18-13-32-7-3-5-14-4-2-6-16(18)24(14)32/h2,4,6,8-13H,3,5,7H2,1H3,(H,28,29)(H,27,30,31). The lowest BCUT2D eigenvalue weighted by molar-refractivity contribution is -0.387. The average Bonchev–Trinajstić information content (AvgIpc) is 3.55. The topological polar surface area (TPSA) is 124 Å². The van der Waals surface area contributed by atoms with Gasteiger partial charge in [0.05, 0.1) is 35.1 Å². The molecule has 0 amide bonds. The molecule has 0 unspecified atom stereocenters. The molecule has 5 aromatic rings. The van der Waals surface area contributed by atoms with Crippen LogP contribution in [0.4, 0.5) is 21.7 Å². The Labute approximate surface area is 203 Å². The van der Waals surface area contributed by atoms with Crippen LogP contribution < -0.4 is 10.1 Å². The third kappa shape index (κ3) is 3.52. The summed E-state index contributed by atoms with van der Waals surface area (Å²) in [6.45, 7) is 0.918. The molecule has 0 bridgehead atoms. The van der Waals surface area contributed by atoms with Gasteiger partial charge in [0.15, 0.2) is 0 Å². The van der Waals surface area contributed by atoms with E-state index in [4.69, 9.17) is 9.72 Å². The second-order valence-corrected chi connectivity index (χ2v) is 8.48. The van der Waals surface area contributed by atoms with Crippen molar-refractivity contribution in [3.63, 3.8) is 0 Å². The summed E-state index contributed by atoms with van der Waals surface area (Å²) in [5, 5.41) is 22.2. The predicted molar refractivity (Wildman–Crippen MR) is 132 cm³/mol. The Kier molecular flexibility index (Phi) is 5.10. The number of methoxy groups -OCH3 is 1. The lowest BCUT2D eigenvalue weighted by Crippen LogP contribution is -2.05. The Bertz CT molecular complexity index is 1630. The fraction of sp³-hybridized carbons (Fsp3) is 0.160. The van der Waals surface area contributed by atoms with Crippen molar-refractivity contribution >= 4 is 28.2 Å². The van der Waals surface area contributed by atoms with Crippen LogP contribution in [0.1, 0.15) is 12.0 Å². The number of anilines is 2. The van der Waals surface area contributed by atoms with E-state index in [0.717, 1.165) is 53.6 Å². The molecule has 0 saturated carbocycles. The minimum Gasteiger partial charge on any atom is -0.494 e. The molecule has 1 aliphatic heterocycles. The van der Waals surface area contributed by atoms with Gasteiger partial charge in [-0.05, 0) is 18.4 Å². The number of halogens is 1. The molecule has 0 fully saturated rings. The zero-order valence-corrected chi connectivity index (χ0v) is 19.2. The first-order valence-corrected chi connectivity index (χ1v) is 11.3. The van der Waals surface area contributed by atoms with E-state index in [9.17, 15) is 14.5 Å². The van der Waals surface area contributed by atoms with E-state index in [0.29, 0.717) is 5.69 Å². The third-order valence-electron chi connectivity index (χ3n) is 6.39. The molecule has 0 saturated heterocycles. The number of para-hydroxylation sites is 1. The molecule has 10 nitrogen and oxygen atoms in total. The summed E-state index contributed by atoms with van der Waals surface area (Å²) in [6, 6.07) is 8.32. The molecular weight excluding hydrogens is 465 g/mol. The number of rotatable bonds is 6. The highest BCUT2D eigenvalue weighted by Crippen LogP contribution is 2.39. The Morgan fingerprint density at radius 3 is 2.92 bits per heavy atom. The number of aromatic nitrogens is 5. The van der Waals surface area contributed by atoms with Crippen molar-refractivity contribution in [1.29, 1.82) is 0 Å². The van der Waals surface area contributed by atoms with Crippen molar-refractivity contribution in [2.75, 3.05) is 12.4 Å². The Balaban J connectivity index is 1.52. The SMILES string of the molecule is COc1cc(F)c([N+](=O)[O-])cc1Nc1ncc(-c2cn[nH]c2)c(-c2cn3c4c(cccc24)CCC3)n1. The normalized spacial score (nSPS) is 12.6. The van der Waals surface area contributed by atoms with E-state index in [2.05, 4.69) is 49.5 Å². The van der Waals surface area contributed by atoms with Crippen LogP contribution in [0.3, 0.4) is 0 Å². The van der Waals surface area contributed by atoms with Gasteiger partial charge in [-0.25, -0.2) is 9.97 Å². The molecule has 11 heteroatoms. The van der Waals surface area contributed by atoms with E-state index in [1.165, 1.54) is 18.2 Å². The molecule has 0 spiro atoms. The lowest BCUT2D eigenvalue weighted by Gasteiger charge is -2.14. The zero-order chi connectivity index (χ0) is 24.8. The highest BCUT2D eigenvalue weighted by Gasteiger charge is 2.23. The Hall–Kier alpha value is -4.80. The highest BCUT2D eigenvalue weighted by atomic mass is 19.1. The Morgan fingerprint density at radius 1 is 1.25 bits per heavy atom. The maximum atomic E-state index is 14.1. The van der Waals surface area contributed by atoms with Gasteiger partial charge in [-0.15, -0.1) is 0 Å². The van der Waals surface area contributed by atoms with Crippen LogP contribution in [0.15, 0.2) is 55.1 Å². The molecule has 0 atom stereocenters. The maximum Gasteiger partial charge on any atom is 0.307 e. The number of aryl methyl sites for hydroxylation is 2. The van der Waals surface area contributed by atoms with Gasteiger partial charge in [-0.3, -0.25) is 15.2 Å². The lowest BCUT2D eigenvalue weighted by atomic mass is 9.99. The van der Waals surface area contributed by atoms with Gasteiger partial charge >= 0.3 is 5.69 Å². The molecule has 3 aromatic heterocycles. The smallest absolute Gasteiger partial charge is 0.307 e. The third-order valence-corrected chi connectivity index (χ3v) is 6.39. The van der Waals surface area contributed by atoms with E-state index in [1.54, 1.807) is 18.6 Å². The number of hydrogen-bond donors (Lipinski definition) is 2. The van der Waals surface area contributed by atoms with Crippen molar-refractivity contribution in [1.82, 2.24) is 24.7 Å². The molecule has 180 valence electrons. The first-order valence-electron chi connectivity index (χ1n) is 11.3. The van der Waals surface area contributed by atoms with Crippen molar-refractivity contribution in [2.45, 2.75) is 19.4 Å². The van der Waals surface area contributed by atoms with Crippen molar-refractivity contribution in [3.05, 3.63) is 76.6 Å². The summed E-state index contributed by atoms with van der Waals surface area (Å²) in [4.78, 5) is 19.7. The summed E-state index contributed by atoms with van der Waals surface area (Å²) in [7, 11) is 1.36. The fourth-order valence-electron chi connectivity index (χ4n) is 4.77. The number of nitrogens with one attached hydrogen (secondary N) is 2. The number of ether oxygens (including phenoxy) is 1. The highest BCUT2D eigenvalue weighted by molar-refractivity contribution is 6.00. The van der Waals surface area contributed by atoms with Gasteiger partial charge in [-0.2, -0.15) is 9.49 Å². The van der Waals surface area contributed by atoms with Gasteiger partial charge in [0, 0.05) is 59.3 Å². The average molecular weight is 485 g/mol. The van der Waals surface area contributed by atoms with E-state index >= 15 is 0 Å². The quantitative estimate of drug-likeness (QED) is 0.249. The second kappa shape index (κ2) is 8.45. The van der Waals surface area contributed by atoms with Gasteiger partial charge in [-0.1, -0.05) is 18.2 Å². The van der Waals surface area contributed by atoms with Gasteiger partial charge in [0.2, 0.25) is 11.8 Å². The van der Waals surface area contributed by atoms with Crippen LogP contribution >= 0.6 is 0 Å². The van der Waals surface area contributed by atoms with Crippen LogP contribution in [0.25, 0.3) is 33.3 Å². The van der Waals surface area contributed by atoms with Crippen molar-refractivity contribution in [2.24, 2.45) is 0 Å². The number of H-pyrrole nitrogens is 1. The van der Waals surface area contributed by atoms with Crippen molar-refractivity contribution < 1.29 is 14.1 Å². The van der Waals surface area contributed by atoms with E-state index < -0.39 is 16.4 Å². The van der Waals surface area contributed by atoms with E-state index in [1.807, 2.05) is 0 Å². The number of aromatic amines is 1. The first-order chi connectivity index (χ1) is 17.5. The van der Waals surface area contributed by atoms with Crippen LogP contribution in [-0.2, 0) is 13.0 Å². The van der Waals surface area contributed by atoms with Crippen LogP contribution in [0, 0.1) is 15.9 Å². The fourth-order valence-corrected chi connectivity index (χ4v) is 4.77. The minimum atomic E-state index is -0.992. The molecule has 1 aliphatic rings. The molecule has 36 heavy (non-hydrogen) atoms. The van der Waals surface area contributed by atoms with Crippen molar-refractivity contribution in [3.8, 4) is 28.1 Å². The maximum absolute atomic E-state index is 14.1. The van der Waals surface area contributed by atoms with Crippen LogP contribution in [0.5, 0.6) is 5.75 Å². The van der Waals surface area contributed by atoms with Crippen LogP contribution in [-0.4, -0.2) is 36.8 Å². The molecule has 2 aromatic carbocycles. The molecule has 4 heterocycles. The largest absolute Gasteiger partial charge is 0.494 e. The number of nitro groups is 1. The van der Waals surface area contributed by atoms with Gasteiger partial charge < -0.3 is 14.6 Å². The summed E-state index contributed by atoms with van der Waals surface area (Å²) in [6.07, 6.45) is 9.33. The molecule has 0 aliphatic carbocycles. The molecule has 2 N–H and O–H groups in total.